The number of hydrogen-bond donors (Lipinski definition) is 1. The van der Waals surface area contributed by atoms with Gasteiger partial charge in [-0.05, 0) is 51.7 Å². The van der Waals surface area contributed by atoms with Crippen molar-refractivity contribution < 1.29 is 0 Å². The van der Waals surface area contributed by atoms with Gasteiger partial charge in [-0.15, -0.1) is 0 Å². The maximum absolute atomic E-state index is 6.42. The number of nitrogens with one attached hydrogen (secondary N) is 1. The van der Waals surface area contributed by atoms with Crippen LogP contribution in [0.15, 0.2) is 18.2 Å². The van der Waals surface area contributed by atoms with E-state index in [2.05, 4.69) is 47.4 Å². The Morgan fingerprint density at radius 3 is 2.53 bits per heavy atom. The molecule has 0 unspecified atom stereocenters. The Hall–Kier alpha value is -0.770. The summed E-state index contributed by atoms with van der Waals surface area (Å²) >= 11 is 6.42. The van der Waals surface area contributed by atoms with Gasteiger partial charge in [-0.1, -0.05) is 17.7 Å². The van der Waals surface area contributed by atoms with Crippen molar-refractivity contribution in [2.45, 2.75) is 25.4 Å². The number of hydrogen-bond acceptors (Lipinski definition) is 3. The lowest BCUT2D eigenvalue weighted by Gasteiger charge is -2.36. The molecule has 4 heteroatoms. The van der Waals surface area contributed by atoms with Crippen molar-refractivity contribution in [2.24, 2.45) is 0 Å². The molecule has 19 heavy (non-hydrogen) atoms. The van der Waals surface area contributed by atoms with Crippen molar-refractivity contribution in [3.63, 3.8) is 0 Å². The second-order valence-corrected chi connectivity index (χ2v) is 5.91. The van der Waals surface area contributed by atoms with E-state index in [9.17, 15) is 0 Å². The lowest BCUT2D eigenvalue weighted by molar-refractivity contribution is 0.249. The fourth-order valence-corrected chi connectivity index (χ4v) is 3.07. The third kappa shape index (κ3) is 3.62. The van der Waals surface area contributed by atoms with Crippen LogP contribution in [0.2, 0.25) is 5.02 Å². The molecule has 1 saturated heterocycles. The standard InChI is InChI=1S/C15H24ClN3/c1-17-11-12-4-5-15(14(16)10-12)19-8-6-13(7-9-19)18(2)3/h4-5,10,13,17H,6-9,11H2,1-3H3. The predicted molar refractivity (Wildman–Crippen MR) is 83.1 cm³/mol. The molecule has 1 N–H and O–H groups in total. The average molecular weight is 282 g/mol. The van der Waals surface area contributed by atoms with Gasteiger partial charge in [-0.3, -0.25) is 0 Å². The molecule has 0 spiro atoms. The van der Waals surface area contributed by atoms with Gasteiger partial charge in [-0.25, -0.2) is 0 Å². The smallest absolute Gasteiger partial charge is 0.0642 e. The zero-order valence-electron chi connectivity index (χ0n) is 12.1. The highest BCUT2D eigenvalue weighted by Crippen LogP contribution is 2.29. The summed E-state index contributed by atoms with van der Waals surface area (Å²) < 4.78 is 0. The molecule has 0 aliphatic carbocycles. The fraction of sp³-hybridized carbons (Fsp3) is 0.600. The Labute approximate surface area is 121 Å². The van der Waals surface area contributed by atoms with E-state index in [1.807, 2.05) is 7.05 Å². The molecule has 3 nitrogen and oxygen atoms in total. The molecule has 1 aliphatic heterocycles. The van der Waals surface area contributed by atoms with Crippen molar-refractivity contribution in [1.82, 2.24) is 10.2 Å². The Morgan fingerprint density at radius 2 is 2.00 bits per heavy atom. The topological polar surface area (TPSA) is 18.5 Å². The van der Waals surface area contributed by atoms with E-state index in [1.165, 1.54) is 24.1 Å². The van der Waals surface area contributed by atoms with E-state index in [0.29, 0.717) is 6.04 Å². The molecule has 0 radical (unpaired) electrons. The van der Waals surface area contributed by atoms with E-state index < -0.39 is 0 Å². The molecule has 1 heterocycles. The lowest BCUT2D eigenvalue weighted by atomic mass is 10.0. The van der Waals surface area contributed by atoms with Gasteiger partial charge in [0.1, 0.15) is 0 Å². The van der Waals surface area contributed by atoms with Gasteiger partial charge in [-0.2, -0.15) is 0 Å². The lowest BCUT2D eigenvalue weighted by Crippen LogP contribution is -2.42. The van der Waals surface area contributed by atoms with Gasteiger partial charge in [0, 0.05) is 25.7 Å². The van der Waals surface area contributed by atoms with Crippen molar-refractivity contribution in [1.29, 1.82) is 0 Å². The maximum Gasteiger partial charge on any atom is 0.0642 e. The molecule has 0 aromatic heterocycles. The van der Waals surface area contributed by atoms with Crippen LogP contribution in [0.5, 0.6) is 0 Å². The van der Waals surface area contributed by atoms with Crippen molar-refractivity contribution in [3.8, 4) is 0 Å². The molecule has 1 aromatic carbocycles. The predicted octanol–water partition coefficient (Wildman–Crippen LogP) is 2.59. The normalized spacial score (nSPS) is 17.2. The molecule has 0 saturated carbocycles. The first-order chi connectivity index (χ1) is 9.11. The quantitative estimate of drug-likeness (QED) is 0.915. The fourth-order valence-electron chi connectivity index (χ4n) is 2.74. The summed E-state index contributed by atoms with van der Waals surface area (Å²) in [7, 11) is 6.29. The summed E-state index contributed by atoms with van der Waals surface area (Å²) in [6.07, 6.45) is 2.42. The average Bonchev–Trinajstić information content (AvgIpc) is 2.39. The molecule has 1 fully saturated rings. The Bertz CT molecular complexity index is 412. The minimum absolute atomic E-state index is 0.707. The number of anilines is 1. The zero-order chi connectivity index (χ0) is 13.8. The number of piperidine rings is 1. The zero-order valence-corrected chi connectivity index (χ0v) is 12.9. The van der Waals surface area contributed by atoms with Crippen LogP contribution in [0.25, 0.3) is 0 Å². The summed E-state index contributed by atoms with van der Waals surface area (Å²) in [5.41, 5.74) is 2.41. The summed E-state index contributed by atoms with van der Waals surface area (Å²) in [6.45, 7) is 3.05. The van der Waals surface area contributed by atoms with Crippen LogP contribution >= 0.6 is 11.6 Å². The van der Waals surface area contributed by atoms with Crippen molar-refractivity contribution in [3.05, 3.63) is 28.8 Å². The summed E-state index contributed by atoms with van der Waals surface area (Å²) in [5, 5.41) is 4.02. The number of rotatable bonds is 4. The van der Waals surface area contributed by atoms with E-state index in [0.717, 1.165) is 24.7 Å². The molecule has 106 valence electrons. The number of benzene rings is 1. The van der Waals surface area contributed by atoms with E-state index in [-0.39, 0.29) is 0 Å². The van der Waals surface area contributed by atoms with E-state index in [1.54, 1.807) is 0 Å². The highest BCUT2D eigenvalue weighted by molar-refractivity contribution is 6.33. The minimum atomic E-state index is 0.707. The molecule has 1 aliphatic rings. The third-order valence-electron chi connectivity index (χ3n) is 3.93. The first-order valence-electron chi connectivity index (χ1n) is 6.96. The first-order valence-corrected chi connectivity index (χ1v) is 7.34. The van der Waals surface area contributed by atoms with Crippen molar-refractivity contribution >= 4 is 17.3 Å². The van der Waals surface area contributed by atoms with Gasteiger partial charge in [0.05, 0.1) is 10.7 Å². The van der Waals surface area contributed by atoms with Gasteiger partial charge < -0.3 is 15.1 Å². The van der Waals surface area contributed by atoms with Crippen molar-refractivity contribution in [2.75, 3.05) is 39.1 Å². The van der Waals surface area contributed by atoms with E-state index in [4.69, 9.17) is 11.6 Å². The molecule has 2 rings (SSSR count). The van der Waals surface area contributed by atoms with Crippen LogP contribution in [0, 0.1) is 0 Å². The van der Waals surface area contributed by atoms with Gasteiger partial charge in [0.15, 0.2) is 0 Å². The monoisotopic (exact) mass is 281 g/mol. The first kappa shape index (κ1) is 14.6. The van der Waals surface area contributed by atoms with Gasteiger partial charge in [0.2, 0.25) is 0 Å². The molecular weight excluding hydrogens is 258 g/mol. The summed E-state index contributed by atoms with van der Waals surface area (Å²) in [6, 6.07) is 7.10. The Morgan fingerprint density at radius 1 is 1.32 bits per heavy atom. The third-order valence-corrected chi connectivity index (χ3v) is 4.23. The van der Waals surface area contributed by atoms with Gasteiger partial charge in [0.25, 0.3) is 0 Å². The largest absolute Gasteiger partial charge is 0.370 e. The van der Waals surface area contributed by atoms with Gasteiger partial charge >= 0.3 is 0 Å². The van der Waals surface area contributed by atoms with Crippen LogP contribution in [0.1, 0.15) is 18.4 Å². The number of halogens is 1. The molecule has 0 atom stereocenters. The molecule has 0 amide bonds. The summed E-state index contributed by atoms with van der Waals surface area (Å²) in [4.78, 5) is 4.74. The molecular formula is C15H24ClN3. The summed E-state index contributed by atoms with van der Waals surface area (Å²) in [5.74, 6) is 0. The van der Waals surface area contributed by atoms with Crippen LogP contribution in [-0.4, -0.2) is 45.2 Å². The molecule has 1 aromatic rings. The highest BCUT2D eigenvalue weighted by atomic mass is 35.5. The SMILES string of the molecule is CNCc1ccc(N2CCC(N(C)C)CC2)c(Cl)c1. The second kappa shape index (κ2) is 6.60. The Kier molecular flexibility index (Phi) is 5.08. The Balaban J connectivity index is 2.03. The maximum atomic E-state index is 6.42. The highest BCUT2D eigenvalue weighted by Gasteiger charge is 2.21. The molecule has 0 bridgehead atoms. The van der Waals surface area contributed by atoms with E-state index >= 15 is 0 Å². The number of nitrogens with zero attached hydrogens (tertiary/aromatic N) is 2. The van der Waals surface area contributed by atoms with Crippen LogP contribution < -0.4 is 10.2 Å². The van der Waals surface area contributed by atoms with Crippen LogP contribution in [0.3, 0.4) is 0 Å². The minimum Gasteiger partial charge on any atom is -0.370 e. The van der Waals surface area contributed by atoms with Crippen LogP contribution in [0.4, 0.5) is 5.69 Å². The second-order valence-electron chi connectivity index (χ2n) is 5.50. The van der Waals surface area contributed by atoms with Crippen LogP contribution in [-0.2, 0) is 6.54 Å².